The van der Waals surface area contributed by atoms with E-state index < -0.39 is 5.97 Å². The van der Waals surface area contributed by atoms with Gasteiger partial charge < -0.3 is 10.2 Å². The van der Waals surface area contributed by atoms with E-state index in [2.05, 4.69) is 0 Å². The molecule has 0 unspecified atom stereocenters. The molecule has 0 radical (unpaired) electrons. The number of aliphatic hydroxyl groups excluding tert-OH is 1. The Bertz CT molecular complexity index is 355. The van der Waals surface area contributed by atoms with Crippen LogP contribution in [-0.2, 0) is 0 Å². The number of hydrogen-bond acceptors (Lipinski definition) is 3. The number of halogens is 1. The third kappa shape index (κ3) is 3.74. The van der Waals surface area contributed by atoms with E-state index in [4.69, 9.17) is 21.8 Å². The number of hydrogen-bond donors (Lipinski definition) is 2. The van der Waals surface area contributed by atoms with Crippen molar-refractivity contribution < 1.29 is 15.0 Å². The van der Waals surface area contributed by atoms with Crippen LogP contribution in [-0.4, -0.2) is 28.5 Å². The molecule has 0 aromatic heterocycles. The molecule has 82 valence electrons. The first-order chi connectivity index (χ1) is 7.15. The summed E-state index contributed by atoms with van der Waals surface area (Å²) in [5.41, 5.74) is 0.116. The second-order valence-electron chi connectivity index (χ2n) is 2.87. The van der Waals surface area contributed by atoms with Crippen LogP contribution in [0.2, 0.25) is 5.02 Å². The molecule has 1 aromatic carbocycles. The lowest BCUT2D eigenvalue weighted by Crippen LogP contribution is -1.97. The Hall–Kier alpha value is -0.710. The summed E-state index contributed by atoms with van der Waals surface area (Å²) in [6.07, 6.45) is 0.690. The summed E-state index contributed by atoms with van der Waals surface area (Å²) in [5.74, 6) is -0.262. The topological polar surface area (TPSA) is 57.5 Å². The summed E-state index contributed by atoms with van der Waals surface area (Å²) >= 11 is 7.23. The lowest BCUT2D eigenvalue weighted by Gasteiger charge is -2.03. The van der Waals surface area contributed by atoms with Crippen LogP contribution in [0.15, 0.2) is 23.1 Å². The Morgan fingerprint density at radius 2 is 2.20 bits per heavy atom. The summed E-state index contributed by atoms with van der Waals surface area (Å²) in [4.78, 5) is 11.6. The van der Waals surface area contributed by atoms with Gasteiger partial charge in [0.25, 0.3) is 0 Å². The van der Waals surface area contributed by atoms with Gasteiger partial charge in [-0.25, -0.2) is 4.79 Å². The molecule has 0 aliphatic carbocycles. The molecule has 0 aliphatic rings. The van der Waals surface area contributed by atoms with Crippen LogP contribution >= 0.6 is 23.4 Å². The number of aliphatic hydroxyl groups is 1. The zero-order valence-corrected chi connectivity index (χ0v) is 9.51. The number of carboxylic acids is 1. The van der Waals surface area contributed by atoms with Gasteiger partial charge in [-0.05, 0) is 24.6 Å². The third-order valence-electron chi connectivity index (χ3n) is 1.74. The number of benzene rings is 1. The number of aromatic carboxylic acids is 1. The predicted molar refractivity (Wildman–Crippen MR) is 60.8 cm³/mol. The van der Waals surface area contributed by atoms with E-state index in [-0.39, 0.29) is 17.2 Å². The highest BCUT2D eigenvalue weighted by Crippen LogP contribution is 2.24. The normalized spacial score (nSPS) is 10.3. The van der Waals surface area contributed by atoms with Crippen LogP contribution in [0, 0.1) is 0 Å². The Morgan fingerprint density at radius 3 is 2.80 bits per heavy atom. The zero-order chi connectivity index (χ0) is 11.3. The quantitative estimate of drug-likeness (QED) is 0.619. The second kappa shape index (κ2) is 6.00. The van der Waals surface area contributed by atoms with Crippen molar-refractivity contribution in [1.82, 2.24) is 0 Å². The van der Waals surface area contributed by atoms with Gasteiger partial charge in [-0.3, -0.25) is 0 Å². The van der Waals surface area contributed by atoms with E-state index in [9.17, 15) is 4.79 Å². The van der Waals surface area contributed by atoms with Gasteiger partial charge in [0.1, 0.15) is 0 Å². The summed E-state index contributed by atoms with van der Waals surface area (Å²) in [7, 11) is 0. The number of rotatable bonds is 5. The maximum atomic E-state index is 10.8. The van der Waals surface area contributed by atoms with E-state index >= 15 is 0 Å². The van der Waals surface area contributed by atoms with E-state index in [1.807, 2.05) is 0 Å². The van der Waals surface area contributed by atoms with Gasteiger partial charge in [0.2, 0.25) is 0 Å². The monoisotopic (exact) mass is 246 g/mol. The smallest absolute Gasteiger partial charge is 0.337 e. The lowest BCUT2D eigenvalue weighted by atomic mass is 10.2. The molecule has 2 N–H and O–H groups in total. The summed E-state index contributed by atoms with van der Waals surface area (Å²) in [6, 6.07) is 4.90. The standard InChI is InChI=1S/C10H11ClO3S/c11-9-3-2-7(15-5-1-4-12)6-8(9)10(13)14/h2-3,6,12H,1,4-5H2,(H,13,14). The van der Waals surface area contributed by atoms with Gasteiger partial charge in [0, 0.05) is 17.3 Å². The average Bonchev–Trinajstić information content (AvgIpc) is 2.20. The Morgan fingerprint density at radius 1 is 1.47 bits per heavy atom. The Kier molecular flexibility index (Phi) is 4.94. The molecule has 0 spiro atoms. The molecule has 0 saturated heterocycles. The summed E-state index contributed by atoms with van der Waals surface area (Å²) in [5, 5.41) is 17.7. The molecule has 1 rings (SSSR count). The molecule has 0 saturated carbocycles. The van der Waals surface area contributed by atoms with Crippen molar-refractivity contribution >= 4 is 29.3 Å². The third-order valence-corrected chi connectivity index (χ3v) is 3.15. The van der Waals surface area contributed by atoms with Gasteiger partial charge in [-0.1, -0.05) is 11.6 Å². The highest BCUT2D eigenvalue weighted by Gasteiger charge is 2.09. The Balaban J connectivity index is 2.74. The number of carboxylic acid groups (broad SMARTS) is 1. The van der Waals surface area contributed by atoms with Crippen molar-refractivity contribution in [2.45, 2.75) is 11.3 Å². The molecular formula is C10H11ClO3S. The van der Waals surface area contributed by atoms with Crippen molar-refractivity contribution in [2.75, 3.05) is 12.4 Å². The van der Waals surface area contributed by atoms with Crippen LogP contribution in [0.4, 0.5) is 0 Å². The predicted octanol–water partition coefficient (Wildman–Crippen LogP) is 2.51. The molecule has 0 fully saturated rings. The molecule has 0 bridgehead atoms. The molecule has 0 atom stereocenters. The van der Waals surface area contributed by atoms with Crippen LogP contribution in [0.25, 0.3) is 0 Å². The molecule has 0 amide bonds. The molecular weight excluding hydrogens is 236 g/mol. The summed E-state index contributed by atoms with van der Waals surface area (Å²) < 4.78 is 0. The fourth-order valence-corrected chi connectivity index (χ4v) is 2.09. The summed E-state index contributed by atoms with van der Waals surface area (Å²) in [6.45, 7) is 0.145. The zero-order valence-electron chi connectivity index (χ0n) is 7.94. The molecule has 5 heteroatoms. The van der Waals surface area contributed by atoms with Crippen LogP contribution in [0.1, 0.15) is 16.8 Å². The number of thioether (sulfide) groups is 1. The van der Waals surface area contributed by atoms with Crippen molar-refractivity contribution in [3.05, 3.63) is 28.8 Å². The second-order valence-corrected chi connectivity index (χ2v) is 4.45. The minimum atomic E-state index is -1.02. The Labute approximate surface area is 97.1 Å². The highest BCUT2D eigenvalue weighted by molar-refractivity contribution is 7.99. The molecule has 0 aliphatic heterocycles. The van der Waals surface area contributed by atoms with Gasteiger partial charge in [-0.2, -0.15) is 0 Å². The van der Waals surface area contributed by atoms with Crippen LogP contribution in [0.3, 0.4) is 0 Å². The van der Waals surface area contributed by atoms with Crippen molar-refractivity contribution in [3.63, 3.8) is 0 Å². The first-order valence-corrected chi connectivity index (χ1v) is 5.78. The maximum absolute atomic E-state index is 10.8. The van der Waals surface area contributed by atoms with E-state index in [1.54, 1.807) is 18.2 Å². The maximum Gasteiger partial charge on any atom is 0.337 e. The minimum Gasteiger partial charge on any atom is -0.478 e. The highest BCUT2D eigenvalue weighted by atomic mass is 35.5. The van der Waals surface area contributed by atoms with Gasteiger partial charge in [0.15, 0.2) is 0 Å². The first-order valence-electron chi connectivity index (χ1n) is 4.41. The van der Waals surface area contributed by atoms with Crippen molar-refractivity contribution in [3.8, 4) is 0 Å². The van der Waals surface area contributed by atoms with E-state index in [0.29, 0.717) is 6.42 Å². The minimum absolute atomic E-state index is 0.116. The molecule has 3 nitrogen and oxygen atoms in total. The molecule has 0 heterocycles. The van der Waals surface area contributed by atoms with Gasteiger partial charge in [-0.15, -0.1) is 11.8 Å². The van der Waals surface area contributed by atoms with E-state index in [0.717, 1.165) is 10.6 Å². The SMILES string of the molecule is O=C(O)c1cc(SCCCO)ccc1Cl. The van der Waals surface area contributed by atoms with E-state index in [1.165, 1.54) is 11.8 Å². The number of carbonyl (C=O) groups is 1. The molecule has 15 heavy (non-hydrogen) atoms. The largest absolute Gasteiger partial charge is 0.478 e. The van der Waals surface area contributed by atoms with Crippen LogP contribution < -0.4 is 0 Å². The first kappa shape index (κ1) is 12.4. The van der Waals surface area contributed by atoms with Crippen LogP contribution in [0.5, 0.6) is 0 Å². The average molecular weight is 247 g/mol. The fraction of sp³-hybridized carbons (Fsp3) is 0.300. The fourth-order valence-electron chi connectivity index (χ4n) is 1.01. The van der Waals surface area contributed by atoms with Gasteiger partial charge >= 0.3 is 5.97 Å². The van der Waals surface area contributed by atoms with Crippen molar-refractivity contribution in [2.24, 2.45) is 0 Å². The van der Waals surface area contributed by atoms with Gasteiger partial charge in [0.05, 0.1) is 10.6 Å². The van der Waals surface area contributed by atoms with Crippen molar-refractivity contribution in [1.29, 1.82) is 0 Å². The lowest BCUT2D eigenvalue weighted by molar-refractivity contribution is 0.0697. The molecule has 1 aromatic rings.